The summed E-state index contributed by atoms with van der Waals surface area (Å²) >= 11 is 0. The lowest BCUT2D eigenvalue weighted by Gasteiger charge is -2.04. The Balaban J connectivity index is 1.75. The van der Waals surface area contributed by atoms with Gasteiger partial charge in [-0.3, -0.25) is 4.79 Å². The zero-order valence-electron chi connectivity index (χ0n) is 10.4. The van der Waals surface area contributed by atoms with Crippen LogP contribution in [0.3, 0.4) is 0 Å². The van der Waals surface area contributed by atoms with Crippen LogP contribution in [0.15, 0.2) is 36.8 Å². The van der Waals surface area contributed by atoms with Gasteiger partial charge in [0.2, 0.25) is 5.91 Å². The molecule has 1 amide bonds. The average molecular weight is 243 g/mol. The maximum atomic E-state index is 11.7. The first-order chi connectivity index (χ1) is 8.74. The van der Waals surface area contributed by atoms with Crippen LogP contribution in [0.2, 0.25) is 0 Å². The summed E-state index contributed by atoms with van der Waals surface area (Å²) in [6, 6.07) is 8.24. The molecular formula is C14H17N3O. The van der Waals surface area contributed by atoms with E-state index in [4.69, 9.17) is 0 Å². The Bertz CT molecular complexity index is 506. The smallest absolute Gasteiger partial charge is 0.220 e. The summed E-state index contributed by atoms with van der Waals surface area (Å²) in [4.78, 5) is 18.5. The number of nitrogens with zero attached hydrogens (tertiary/aromatic N) is 1. The summed E-state index contributed by atoms with van der Waals surface area (Å²) in [5, 5.41) is 2.86. The van der Waals surface area contributed by atoms with Gasteiger partial charge in [-0.15, -0.1) is 0 Å². The van der Waals surface area contributed by atoms with Crippen LogP contribution >= 0.6 is 0 Å². The van der Waals surface area contributed by atoms with Crippen LogP contribution in [-0.4, -0.2) is 15.9 Å². The van der Waals surface area contributed by atoms with Crippen molar-refractivity contribution in [2.24, 2.45) is 0 Å². The molecule has 18 heavy (non-hydrogen) atoms. The molecule has 0 saturated carbocycles. The number of nitrogens with one attached hydrogen (secondary N) is 2. The number of carbonyl (C=O) groups is 1. The van der Waals surface area contributed by atoms with E-state index in [1.54, 1.807) is 12.5 Å². The molecule has 0 aliphatic carbocycles. The zero-order valence-corrected chi connectivity index (χ0v) is 10.4. The van der Waals surface area contributed by atoms with Gasteiger partial charge in [0.25, 0.3) is 0 Å². The lowest BCUT2D eigenvalue weighted by molar-refractivity contribution is -0.121. The largest absolute Gasteiger partial charge is 0.350 e. The van der Waals surface area contributed by atoms with Crippen molar-refractivity contribution >= 4 is 5.91 Å². The number of amides is 1. The molecule has 2 N–H and O–H groups in total. The minimum atomic E-state index is 0.0612. The third kappa shape index (κ3) is 3.73. The molecule has 0 spiro atoms. The van der Waals surface area contributed by atoms with E-state index in [2.05, 4.69) is 40.4 Å². The number of imidazole rings is 1. The quantitative estimate of drug-likeness (QED) is 0.843. The first-order valence-corrected chi connectivity index (χ1v) is 6.03. The Labute approximate surface area is 106 Å². The fourth-order valence-corrected chi connectivity index (χ4v) is 1.79. The highest BCUT2D eigenvalue weighted by Gasteiger charge is 2.03. The van der Waals surface area contributed by atoms with Gasteiger partial charge in [0.05, 0.1) is 18.6 Å². The molecule has 1 aromatic heterocycles. The highest BCUT2D eigenvalue weighted by molar-refractivity contribution is 5.76. The molecule has 0 atom stereocenters. The molecule has 0 saturated heterocycles. The van der Waals surface area contributed by atoms with Gasteiger partial charge < -0.3 is 10.3 Å². The van der Waals surface area contributed by atoms with Crippen LogP contribution in [-0.2, 0) is 17.8 Å². The summed E-state index contributed by atoms with van der Waals surface area (Å²) in [6.07, 6.45) is 4.60. The van der Waals surface area contributed by atoms with Crippen molar-refractivity contribution in [3.05, 3.63) is 53.6 Å². The highest BCUT2D eigenvalue weighted by atomic mass is 16.1. The van der Waals surface area contributed by atoms with E-state index in [0.717, 1.165) is 12.1 Å². The van der Waals surface area contributed by atoms with Crippen LogP contribution < -0.4 is 5.32 Å². The monoisotopic (exact) mass is 243 g/mol. The molecule has 4 heteroatoms. The van der Waals surface area contributed by atoms with Crippen molar-refractivity contribution in [2.45, 2.75) is 26.3 Å². The molecule has 2 aromatic rings. The number of hydrogen-bond donors (Lipinski definition) is 2. The molecule has 0 aliphatic rings. The Hall–Kier alpha value is -2.10. The number of benzene rings is 1. The Morgan fingerprint density at radius 1 is 1.44 bits per heavy atom. The van der Waals surface area contributed by atoms with E-state index in [0.29, 0.717) is 13.0 Å². The molecule has 4 nitrogen and oxygen atoms in total. The van der Waals surface area contributed by atoms with Crippen LogP contribution in [0.4, 0.5) is 0 Å². The van der Waals surface area contributed by atoms with E-state index >= 15 is 0 Å². The average Bonchev–Trinajstić information content (AvgIpc) is 2.87. The number of carbonyl (C=O) groups excluding carboxylic acids is 1. The molecule has 1 aromatic carbocycles. The molecule has 0 unspecified atom stereocenters. The lowest BCUT2D eigenvalue weighted by Crippen LogP contribution is -2.23. The van der Waals surface area contributed by atoms with Gasteiger partial charge in [-0.25, -0.2) is 4.98 Å². The van der Waals surface area contributed by atoms with Crippen LogP contribution in [0.25, 0.3) is 0 Å². The predicted octanol–water partition coefficient (Wildman–Crippen LogP) is 1.97. The van der Waals surface area contributed by atoms with Crippen molar-refractivity contribution in [3.63, 3.8) is 0 Å². The predicted molar refractivity (Wildman–Crippen MR) is 69.9 cm³/mol. The summed E-state index contributed by atoms with van der Waals surface area (Å²) in [6.45, 7) is 2.56. The number of rotatable bonds is 5. The maximum Gasteiger partial charge on any atom is 0.220 e. The normalized spacial score (nSPS) is 10.3. The molecule has 94 valence electrons. The SMILES string of the molecule is Cc1cccc(CCC(=O)NCc2cnc[nH]2)c1. The van der Waals surface area contributed by atoms with E-state index in [1.165, 1.54) is 11.1 Å². The zero-order chi connectivity index (χ0) is 12.8. The fourth-order valence-electron chi connectivity index (χ4n) is 1.79. The number of H-pyrrole nitrogens is 1. The number of aryl methyl sites for hydroxylation is 2. The van der Waals surface area contributed by atoms with Crippen LogP contribution in [0, 0.1) is 6.92 Å². The molecule has 0 fully saturated rings. The summed E-state index contributed by atoms with van der Waals surface area (Å²) < 4.78 is 0. The van der Waals surface area contributed by atoms with Crippen LogP contribution in [0.1, 0.15) is 23.2 Å². The van der Waals surface area contributed by atoms with Gasteiger partial charge in [-0.1, -0.05) is 29.8 Å². The Morgan fingerprint density at radius 3 is 3.06 bits per heavy atom. The number of aromatic nitrogens is 2. The van der Waals surface area contributed by atoms with Crippen molar-refractivity contribution in [2.75, 3.05) is 0 Å². The van der Waals surface area contributed by atoms with E-state index in [9.17, 15) is 4.79 Å². The fraction of sp³-hybridized carbons (Fsp3) is 0.286. The third-order valence-electron chi connectivity index (χ3n) is 2.75. The van der Waals surface area contributed by atoms with Gasteiger partial charge in [0.1, 0.15) is 0 Å². The molecule has 2 rings (SSSR count). The van der Waals surface area contributed by atoms with Gasteiger partial charge in [0, 0.05) is 12.6 Å². The standard InChI is InChI=1S/C14H17N3O/c1-11-3-2-4-12(7-11)5-6-14(18)16-9-13-8-15-10-17-13/h2-4,7-8,10H,5-6,9H2,1H3,(H,15,17)(H,16,18). The van der Waals surface area contributed by atoms with Gasteiger partial charge in [-0.05, 0) is 18.9 Å². The number of hydrogen-bond acceptors (Lipinski definition) is 2. The second kappa shape index (κ2) is 6.00. The van der Waals surface area contributed by atoms with E-state index in [-0.39, 0.29) is 5.91 Å². The molecule has 0 radical (unpaired) electrons. The second-order valence-corrected chi connectivity index (χ2v) is 4.34. The first kappa shape index (κ1) is 12.4. The molecule has 0 aliphatic heterocycles. The van der Waals surface area contributed by atoms with Crippen molar-refractivity contribution in [1.29, 1.82) is 0 Å². The van der Waals surface area contributed by atoms with Gasteiger partial charge >= 0.3 is 0 Å². The van der Waals surface area contributed by atoms with Crippen molar-refractivity contribution in [1.82, 2.24) is 15.3 Å². The molecular weight excluding hydrogens is 226 g/mol. The third-order valence-corrected chi connectivity index (χ3v) is 2.75. The highest BCUT2D eigenvalue weighted by Crippen LogP contribution is 2.06. The summed E-state index contributed by atoms with van der Waals surface area (Å²) in [5.74, 6) is 0.0612. The summed E-state index contributed by atoms with van der Waals surface area (Å²) in [7, 11) is 0. The van der Waals surface area contributed by atoms with Crippen LogP contribution in [0.5, 0.6) is 0 Å². The Morgan fingerprint density at radius 2 is 2.33 bits per heavy atom. The maximum absolute atomic E-state index is 11.7. The van der Waals surface area contributed by atoms with Gasteiger partial charge in [-0.2, -0.15) is 0 Å². The minimum absolute atomic E-state index is 0.0612. The van der Waals surface area contributed by atoms with Gasteiger partial charge in [0.15, 0.2) is 0 Å². The van der Waals surface area contributed by atoms with E-state index < -0.39 is 0 Å². The second-order valence-electron chi connectivity index (χ2n) is 4.34. The van der Waals surface area contributed by atoms with Crippen molar-refractivity contribution in [3.8, 4) is 0 Å². The number of aromatic amines is 1. The summed E-state index contributed by atoms with van der Waals surface area (Å²) in [5.41, 5.74) is 3.34. The first-order valence-electron chi connectivity index (χ1n) is 6.03. The molecule has 1 heterocycles. The topological polar surface area (TPSA) is 57.8 Å². The minimum Gasteiger partial charge on any atom is -0.350 e. The lowest BCUT2D eigenvalue weighted by atomic mass is 10.1. The van der Waals surface area contributed by atoms with E-state index in [1.807, 2.05) is 6.07 Å². The Kier molecular flexibility index (Phi) is 4.12. The molecule has 0 bridgehead atoms. The van der Waals surface area contributed by atoms with Crippen molar-refractivity contribution < 1.29 is 4.79 Å².